The van der Waals surface area contributed by atoms with Crippen LogP contribution < -0.4 is 4.74 Å². The normalized spacial score (nSPS) is 10.6. The predicted molar refractivity (Wildman–Crippen MR) is 86.7 cm³/mol. The number of carboxylic acids is 1. The summed E-state index contributed by atoms with van der Waals surface area (Å²) in [6.45, 7) is 0.369. The molecule has 3 aromatic carbocycles. The number of ether oxygens (including phenoxy) is 1. The first-order chi connectivity index (χ1) is 10.6. The van der Waals surface area contributed by atoms with Gasteiger partial charge in [-0.1, -0.05) is 54.1 Å². The zero-order valence-corrected chi connectivity index (χ0v) is 12.4. The van der Waals surface area contributed by atoms with Crippen LogP contribution in [0.25, 0.3) is 10.8 Å². The minimum atomic E-state index is -1.01. The third kappa shape index (κ3) is 2.90. The maximum atomic E-state index is 10.9. The Morgan fingerprint density at radius 3 is 2.59 bits per heavy atom. The van der Waals surface area contributed by atoms with Crippen molar-refractivity contribution in [2.75, 3.05) is 0 Å². The fourth-order valence-corrected chi connectivity index (χ4v) is 2.56. The molecule has 0 unspecified atom stereocenters. The molecule has 3 aromatic rings. The molecule has 0 bridgehead atoms. The lowest BCUT2D eigenvalue weighted by molar-refractivity contribution is 0.0697. The molecule has 22 heavy (non-hydrogen) atoms. The van der Waals surface area contributed by atoms with Crippen molar-refractivity contribution in [1.29, 1.82) is 0 Å². The van der Waals surface area contributed by atoms with E-state index >= 15 is 0 Å². The van der Waals surface area contributed by atoms with Crippen LogP contribution >= 0.6 is 11.6 Å². The number of hydrogen-bond acceptors (Lipinski definition) is 2. The van der Waals surface area contributed by atoms with Crippen molar-refractivity contribution in [2.24, 2.45) is 0 Å². The molecule has 4 heteroatoms. The van der Waals surface area contributed by atoms with E-state index in [1.807, 2.05) is 42.5 Å². The van der Waals surface area contributed by atoms with E-state index in [0.29, 0.717) is 17.4 Å². The van der Waals surface area contributed by atoms with Crippen LogP contribution in [-0.4, -0.2) is 11.1 Å². The number of fused-ring (bicyclic) bond motifs is 1. The summed E-state index contributed by atoms with van der Waals surface area (Å²) in [6, 6.07) is 18.6. The third-order valence-corrected chi connectivity index (χ3v) is 3.74. The SMILES string of the molecule is O=C(O)c1ccc(OCc2cccc3ccccc23)c(Cl)c1. The molecular weight excluding hydrogens is 300 g/mol. The van der Waals surface area contributed by atoms with Crippen molar-refractivity contribution in [3.8, 4) is 5.75 Å². The number of aromatic carboxylic acids is 1. The fourth-order valence-electron chi connectivity index (χ4n) is 2.32. The lowest BCUT2D eigenvalue weighted by Crippen LogP contribution is -1.99. The Morgan fingerprint density at radius 1 is 1.05 bits per heavy atom. The van der Waals surface area contributed by atoms with Crippen LogP contribution in [0.4, 0.5) is 0 Å². The van der Waals surface area contributed by atoms with Gasteiger partial charge in [-0.15, -0.1) is 0 Å². The van der Waals surface area contributed by atoms with Crippen molar-refractivity contribution in [3.63, 3.8) is 0 Å². The summed E-state index contributed by atoms with van der Waals surface area (Å²) < 4.78 is 5.74. The molecule has 1 N–H and O–H groups in total. The Hall–Kier alpha value is -2.52. The number of benzene rings is 3. The largest absolute Gasteiger partial charge is 0.487 e. The topological polar surface area (TPSA) is 46.5 Å². The zero-order chi connectivity index (χ0) is 15.5. The van der Waals surface area contributed by atoms with E-state index in [0.717, 1.165) is 16.3 Å². The molecule has 0 aliphatic heterocycles. The summed E-state index contributed by atoms with van der Waals surface area (Å²) in [6.07, 6.45) is 0. The second-order valence-corrected chi connectivity index (χ2v) is 5.28. The zero-order valence-electron chi connectivity index (χ0n) is 11.6. The molecule has 3 nitrogen and oxygen atoms in total. The van der Waals surface area contributed by atoms with Crippen molar-refractivity contribution < 1.29 is 14.6 Å². The first-order valence-corrected chi connectivity index (χ1v) is 7.15. The van der Waals surface area contributed by atoms with Gasteiger partial charge in [-0.3, -0.25) is 0 Å². The van der Waals surface area contributed by atoms with Gasteiger partial charge < -0.3 is 9.84 Å². The molecule has 3 rings (SSSR count). The molecule has 0 saturated heterocycles. The van der Waals surface area contributed by atoms with E-state index in [1.54, 1.807) is 6.07 Å². The summed E-state index contributed by atoms with van der Waals surface area (Å²) in [5.74, 6) is -0.540. The Morgan fingerprint density at radius 2 is 1.82 bits per heavy atom. The standard InChI is InChI=1S/C18H13ClO3/c19-16-10-13(18(20)21)8-9-17(16)22-11-14-6-3-5-12-4-1-2-7-15(12)14/h1-10H,11H2,(H,20,21). The lowest BCUT2D eigenvalue weighted by atomic mass is 10.1. The van der Waals surface area contributed by atoms with Crippen LogP contribution in [-0.2, 0) is 6.61 Å². The molecule has 110 valence electrons. The molecule has 0 aliphatic carbocycles. The first kappa shape index (κ1) is 14.4. The number of halogens is 1. The quantitative estimate of drug-likeness (QED) is 0.754. The Balaban J connectivity index is 1.84. The summed E-state index contributed by atoms with van der Waals surface area (Å²) in [5, 5.41) is 11.5. The molecule has 0 saturated carbocycles. The van der Waals surface area contributed by atoms with E-state index < -0.39 is 5.97 Å². The van der Waals surface area contributed by atoms with Crippen LogP contribution in [0.3, 0.4) is 0 Å². The third-order valence-electron chi connectivity index (χ3n) is 3.44. The summed E-state index contributed by atoms with van der Waals surface area (Å²) >= 11 is 6.07. The molecule has 0 atom stereocenters. The van der Waals surface area contributed by atoms with Gasteiger partial charge in [0.15, 0.2) is 0 Å². The van der Waals surface area contributed by atoms with E-state index in [1.165, 1.54) is 12.1 Å². The molecular formula is C18H13ClO3. The van der Waals surface area contributed by atoms with Crippen LogP contribution in [0.5, 0.6) is 5.75 Å². The summed E-state index contributed by atoms with van der Waals surface area (Å²) in [7, 11) is 0. The maximum absolute atomic E-state index is 10.9. The molecule has 0 heterocycles. The highest BCUT2D eigenvalue weighted by Crippen LogP contribution is 2.27. The van der Waals surface area contributed by atoms with Crippen LogP contribution in [0.15, 0.2) is 60.7 Å². The van der Waals surface area contributed by atoms with Gasteiger partial charge in [0.05, 0.1) is 10.6 Å². The van der Waals surface area contributed by atoms with Crippen LogP contribution in [0.2, 0.25) is 5.02 Å². The van der Waals surface area contributed by atoms with Crippen molar-refractivity contribution >= 4 is 28.3 Å². The van der Waals surface area contributed by atoms with Gasteiger partial charge in [0.25, 0.3) is 0 Å². The van der Waals surface area contributed by atoms with Gasteiger partial charge in [-0.25, -0.2) is 4.79 Å². The highest BCUT2D eigenvalue weighted by atomic mass is 35.5. The van der Waals surface area contributed by atoms with E-state index in [9.17, 15) is 4.79 Å². The molecule has 0 aromatic heterocycles. The van der Waals surface area contributed by atoms with Gasteiger partial charge in [-0.2, -0.15) is 0 Å². The highest BCUT2D eigenvalue weighted by molar-refractivity contribution is 6.32. The molecule has 0 amide bonds. The monoisotopic (exact) mass is 312 g/mol. The second kappa shape index (κ2) is 6.08. The second-order valence-electron chi connectivity index (χ2n) is 4.88. The fraction of sp³-hybridized carbons (Fsp3) is 0.0556. The number of carbonyl (C=O) groups is 1. The summed E-state index contributed by atoms with van der Waals surface area (Å²) in [5.41, 5.74) is 1.19. The van der Waals surface area contributed by atoms with Crippen molar-refractivity contribution in [1.82, 2.24) is 0 Å². The predicted octanol–water partition coefficient (Wildman–Crippen LogP) is 4.77. The number of hydrogen-bond donors (Lipinski definition) is 1. The number of rotatable bonds is 4. The van der Waals surface area contributed by atoms with E-state index in [4.69, 9.17) is 21.4 Å². The van der Waals surface area contributed by atoms with E-state index in [2.05, 4.69) is 0 Å². The van der Waals surface area contributed by atoms with Gasteiger partial charge in [-0.05, 0) is 34.5 Å². The van der Waals surface area contributed by atoms with Crippen molar-refractivity contribution in [3.05, 3.63) is 76.8 Å². The summed E-state index contributed by atoms with van der Waals surface area (Å²) in [4.78, 5) is 10.9. The Labute approximate surface area is 132 Å². The molecule has 0 aliphatic rings. The van der Waals surface area contributed by atoms with Gasteiger partial charge in [0.2, 0.25) is 0 Å². The van der Waals surface area contributed by atoms with Crippen LogP contribution in [0, 0.1) is 0 Å². The van der Waals surface area contributed by atoms with Crippen LogP contribution in [0.1, 0.15) is 15.9 Å². The average Bonchev–Trinajstić information content (AvgIpc) is 2.53. The van der Waals surface area contributed by atoms with Gasteiger partial charge >= 0.3 is 5.97 Å². The maximum Gasteiger partial charge on any atom is 0.335 e. The van der Waals surface area contributed by atoms with Gasteiger partial charge in [0, 0.05) is 0 Å². The Bertz CT molecular complexity index is 837. The Kier molecular flexibility index (Phi) is 3.98. The minimum Gasteiger partial charge on any atom is -0.487 e. The van der Waals surface area contributed by atoms with Crippen molar-refractivity contribution in [2.45, 2.75) is 6.61 Å². The van der Waals surface area contributed by atoms with E-state index in [-0.39, 0.29) is 5.56 Å². The molecule has 0 radical (unpaired) electrons. The lowest BCUT2D eigenvalue weighted by Gasteiger charge is -2.10. The number of carboxylic acid groups (broad SMARTS) is 1. The molecule has 0 fully saturated rings. The highest BCUT2D eigenvalue weighted by Gasteiger charge is 2.09. The molecule has 0 spiro atoms. The first-order valence-electron chi connectivity index (χ1n) is 6.77. The van der Waals surface area contributed by atoms with Gasteiger partial charge in [0.1, 0.15) is 12.4 Å². The average molecular weight is 313 g/mol. The minimum absolute atomic E-state index is 0.141. The smallest absolute Gasteiger partial charge is 0.335 e.